The third kappa shape index (κ3) is 5.85. The van der Waals surface area contributed by atoms with Gasteiger partial charge in [0, 0.05) is 58.1 Å². The number of piperazine rings is 1. The Labute approximate surface area is 228 Å². The molecule has 38 heavy (non-hydrogen) atoms. The summed E-state index contributed by atoms with van der Waals surface area (Å²) in [5, 5.41) is 2.69. The van der Waals surface area contributed by atoms with Crippen molar-refractivity contribution in [3.63, 3.8) is 0 Å². The predicted octanol–water partition coefficient (Wildman–Crippen LogP) is 0.847. The van der Waals surface area contributed by atoms with E-state index in [9.17, 15) is 14.4 Å². The molecule has 3 fully saturated rings. The molecular formula is C26H37ClN8O3. The number of carbonyl (C=O) groups excluding carboxylic acids is 2. The zero-order valence-electron chi connectivity index (χ0n) is 21.9. The summed E-state index contributed by atoms with van der Waals surface area (Å²) in [5.74, 6) is 1.43. The quantitative estimate of drug-likeness (QED) is 0.506. The molecule has 1 aromatic carbocycles. The highest BCUT2D eigenvalue weighted by atomic mass is 35.5. The van der Waals surface area contributed by atoms with Gasteiger partial charge in [-0.15, -0.1) is 12.4 Å². The van der Waals surface area contributed by atoms with Crippen LogP contribution in [0.1, 0.15) is 25.8 Å². The summed E-state index contributed by atoms with van der Waals surface area (Å²) in [4.78, 5) is 47.5. The molecule has 12 heteroatoms. The molecule has 1 saturated carbocycles. The van der Waals surface area contributed by atoms with Gasteiger partial charge >= 0.3 is 11.7 Å². The highest BCUT2D eigenvalue weighted by Gasteiger charge is 2.44. The van der Waals surface area contributed by atoms with Crippen molar-refractivity contribution >= 4 is 30.2 Å². The number of amides is 3. The van der Waals surface area contributed by atoms with Gasteiger partial charge in [0.05, 0.1) is 11.2 Å². The van der Waals surface area contributed by atoms with E-state index in [1.54, 1.807) is 35.9 Å². The zero-order chi connectivity index (χ0) is 26.3. The van der Waals surface area contributed by atoms with E-state index in [2.05, 4.69) is 15.2 Å². The molecule has 3 aliphatic rings. The molecule has 1 aromatic heterocycles. The van der Waals surface area contributed by atoms with Crippen molar-refractivity contribution in [2.45, 2.75) is 38.4 Å². The fourth-order valence-corrected chi connectivity index (χ4v) is 5.58. The minimum Gasteiger partial charge on any atom is -0.338 e. The number of anilines is 1. The van der Waals surface area contributed by atoms with E-state index in [0.717, 1.165) is 32.0 Å². The molecule has 3 amide bonds. The summed E-state index contributed by atoms with van der Waals surface area (Å²) >= 11 is 0. The lowest BCUT2D eigenvalue weighted by molar-refractivity contribution is -0.137. The fourth-order valence-electron chi connectivity index (χ4n) is 5.58. The summed E-state index contributed by atoms with van der Waals surface area (Å²) in [6.45, 7) is 7.96. The SMILES string of the molecule is CC(C)(N)C(=O)N1CCN(C(=O)Nc2ccn(-c3ccc(CN4CC5CC(N)C5C4)cc3)c(=O)n2)CC1.Cl. The largest absolute Gasteiger partial charge is 0.354 e. The standard InChI is InChI=1S/C26H36N8O3.ClH/c1-26(2,28)23(35)32-9-11-33(12-10-32)24(36)29-22-7-8-34(25(37)30-22)19-5-3-17(4-6-19)14-31-15-18-13-21(27)20(18)16-31;/h3-8,18,20-21H,9-16,27-28H2,1-2H3,(H,29,30,36,37);1H. The Balaban J connectivity index is 0.00000336. The van der Waals surface area contributed by atoms with Gasteiger partial charge in [-0.25, -0.2) is 9.59 Å². The molecule has 2 saturated heterocycles. The van der Waals surface area contributed by atoms with Crippen LogP contribution in [0.15, 0.2) is 41.3 Å². The van der Waals surface area contributed by atoms with Crippen LogP contribution in [0.5, 0.6) is 0 Å². The number of hydrogen-bond acceptors (Lipinski definition) is 7. The lowest BCUT2D eigenvalue weighted by Gasteiger charge is -2.37. The maximum atomic E-state index is 12.7. The number of carbonyl (C=O) groups is 2. The molecule has 0 bridgehead atoms. The normalized spacial score (nSPS) is 23.3. The van der Waals surface area contributed by atoms with Gasteiger partial charge in [-0.3, -0.25) is 19.6 Å². The second kappa shape index (κ2) is 11.0. The van der Waals surface area contributed by atoms with Crippen LogP contribution in [0, 0.1) is 11.8 Å². The first-order valence-corrected chi connectivity index (χ1v) is 12.9. The van der Waals surface area contributed by atoms with E-state index in [1.165, 1.54) is 10.1 Å². The smallest absolute Gasteiger partial charge is 0.338 e. The van der Waals surface area contributed by atoms with Crippen molar-refractivity contribution < 1.29 is 9.59 Å². The van der Waals surface area contributed by atoms with Crippen LogP contribution in [-0.2, 0) is 11.3 Å². The number of nitrogens with two attached hydrogens (primary N) is 2. The molecule has 2 aliphatic heterocycles. The molecule has 1 aliphatic carbocycles. The van der Waals surface area contributed by atoms with Gasteiger partial charge < -0.3 is 21.3 Å². The summed E-state index contributed by atoms with van der Waals surface area (Å²) in [6, 6.07) is 9.50. The molecule has 3 atom stereocenters. The van der Waals surface area contributed by atoms with E-state index in [0.29, 0.717) is 43.8 Å². The summed E-state index contributed by atoms with van der Waals surface area (Å²) in [7, 11) is 0. The number of hydrogen-bond donors (Lipinski definition) is 3. The van der Waals surface area contributed by atoms with Crippen molar-refractivity contribution in [3.05, 3.63) is 52.6 Å². The third-order valence-corrected chi connectivity index (χ3v) is 7.76. The average molecular weight is 545 g/mol. The molecular weight excluding hydrogens is 508 g/mol. The Morgan fingerprint density at radius 2 is 1.71 bits per heavy atom. The van der Waals surface area contributed by atoms with Gasteiger partial charge in [0.25, 0.3) is 0 Å². The number of benzene rings is 1. The van der Waals surface area contributed by atoms with Crippen LogP contribution in [0.2, 0.25) is 0 Å². The lowest BCUT2D eigenvalue weighted by atomic mass is 9.72. The molecule has 3 heterocycles. The second-order valence-electron chi connectivity index (χ2n) is 11.1. The number of nitrogens with one attached hydrogen (secondary N) is 1. The Morgan fingerprint density at radius 1 is 1.05 bits per heavy atom. The van der Waals surface area contributed by atoms with Crippen LogP contribution in [-0.4, -0.2) is 87.0 Å². The fraction of sp³-hybridized carbons (Fsp3) is 0.538. The first-order chi connectivity index (χ1) is 17.6. The zero-order valence-corrected chi connectivity index (χ0v) is 22.7. The average Bonchev–Trinajstić information content (AvgIpc) is 3.19. The van der Waals surface area contributed by atoms with Crippen molar-refractivity contribution in [2.75, 3.05) is 44.6 Å². The van der Waals surface area contributed by atoms with Crippen LogP contribution >= 0.6 is 12.4 Å². The van der Waals surface area contributed by atoms with Crippen molar-refractivity contribution in [2.24, 2.45) is 23.3 Å². The number of halogens is 1. The molecule has 5 N–H and O–H groups in total. The van der Waals surface area contributed by atoms with Gasteiger partial charge in [0.1, 0.15) is 5.82 Å². The minimum absolute atomic E-state index is 0. The van der Waals surface area contributed by atoms with Crippen molar-refractivity contribution in [3.8, 4) is 5.69 Å². The minimum atomic E-state index is -0.944. The molecule has 11 nitrogen and oxygen atoms in total. The Kier molecular flexibility index (Phi) is 8.12. The van der Waals surface area contributed by atoms with Gasteiger partial charge in [0.15, 0.2) is 0 Å². The maximum Gasteiger partial charge on any atom is 0.354 e. The number of urea groups is 1. The molecule has 206 valence electrons. The maximum absolute atomic E-state index is 12.7. The highest BCUT2D eigenvalue weighted by molar-refractivity contribution is 5.89. The van der Waals surface area contributed by atoms with E-state index in [1.807, 2.05) is 24.3 Å². The number of fused-ring (bicyclic) bond motifs is 1. The molecule has 0 spiro atoms. The number of likely N-dealkylation sites (tertiary alicyclic amines) is 1. The van der Waals surface area contributed by atoms with Crippen LogP contribution in [0.3, 0.4) is 0 Å². The molecule has 0 radical (unpaired) electrons. The topological polar surface area (TPSA) is 143 Å². The van der Waals surface area contributed by atoms with E-state index < -0.39 is 11.2 Å². The first kappa shape index (κ1) is 28.0. The van der Waals surface area contributed by atoms with Gasteiger partial charge in [0.2, 0.25) is 5.91 Å². The Hall–Kier alpha value is -2.99. The summed E-state index contributed by atoms with van der Waals surface area (Å²) in [5.41, 5.74) is 12.5. The van der Waals surface area contributed by atoms with Crippen LogP contribution < -0.4 is 22.5 Å². The van der Waals surface area contributed by atoms with Crippen molar-refractivity contribution in [1.29, 1.82) is 0 Å². The van der Waals surface area contributed by atoms with Gasteiger partial charge in [-0.1, -0.05) is 12.1 Å². The number of rotatable bonds is 5. The van der Waals surface area contributed by atoms with Gasteiger partial charge in [-0.2, -0.15) is 4.98 Å². The monoisotopic (exact) mass is 544 g/mol. The lowest BCUT2D eigenvalue weighted by Crippen LogP contribution is -2.58. The molecule has 2 aromatic rings. The van der Waals surface area contributed by atoms with E-state index >= 15 is 0 Å². The third-order valence-electron chi connectivity index (χ3n) is 7.76. The summed E-state index contributed by atoms with van der Waals surface area (Å²) < 4.78 is 1.45. The molecule has 5 rings (SSSR count). The predicted molar refractivity (Wildman–Crippen MR) is 147 cm³/mol. The summed E-state index contributed by atoms with van der Waals surface area (Å²) in [6.07, 6.45) is 2.75. The van der Waals surface area contributed by atoms with Gasteiger partial charge in [-0.05, 0) is 55.9 Å². The molecule has 3 unspecified atom stereocenters. The highest BCUT2D eigenvalue weighted by Crippen LogP contribution is 2.40. The van der Waals surface area contributed by atoms with Crippen LogP contribution in [0.25, 0.3) is 5.69 Å². The van der Waals surface area contributed by atoms with E-state index in [4.69, 9.17) is 11.5 Å². The second-order valence-corrected chi connectivity index (χ2v) is 11.1. The number of nitrogens with zero attached hydrogens (tertiary/aromatic N) is 5. The van der Waals surface area contributed by atoms with Crippen molar-refractivity contribution in [1.82, 2.24) is 24.3 Å². The number of aromatic nitrogens is 2. The van der Waals surface area contributed by atoms with E-state index in [-0.39, 0.29) is 30.2 Å². The first-order valence-electron chi connectivity index (χ1n) is 12.9. The Bertz CT molecular complexity index is 1220. The Morgan fingerprint density at radius 3 is 2.29 bits per heavy atom. The van der Waals surface area contributed by atoms with Crippen LogP contribution in [0.4, 0.5) is 10.6 Å².